The van der Waals surface area contributed by atoms with E-state index in [2.05, 4.69) is 9.71 Å². The van der Waals surface area contributed by atoms with Crippen LogP contribution in [0.25, 0.3) is 0 Å². The van der Waals surface area contributed by atoms with E-state index in [4.69, 9.17) is 5.26 Å². The average molecular weight is 309 g/mol. The number of hydrogen-bond donors (Lipinski definition) is 1. The minimum Gasteiger partial charge on any atom is -0.244 e. The minimum absolute atomic E-state index is 0.0154. The Morgan fingerprint density at radius 2 is 2.00 bits per heavy atom. The van der Waals surface area contributed by atoms with E-state index >= 15 is 0 Å². The molecule has 2 aromatic rings. The summed E-state index contributed by atoms with van der Waals surface area (Å²) in [5.41, 5.74) is 0.0973. The van der Waals surface area contributed by atoms with Gasteiger partial charge in [0.1, 0.15) is 28.3 Å². The summed E-state index contributed by atoms with van der Waals surface area (Å²) in [5.74, 6) is -1.58. The number of aromatic nitrogens is 1. The van der Waals surface area contributed by atoms with E-state index in [0.717, 1.165) is 18.3 Å². The molecule has 1 N–H and O–H groups in total. The lowest BCUT2D eigenvalue weighted by Gasteiger charge is -2.07. The normalized spacial score (nSPS) is 11.1. The molecule has 0 spiro atoms. The molecule has 0 bridgehead atoms. The third kappa shape index (κ3) is 3.59. The van der Waals surface area contributed by atoms with Crippen LogP contribution in [0.15, 0.2) is 41.4 Å². The Morgan fingerprint density at radius 1 is 1.24 bits per heavy atom. The number of nitrogens with zero attached hydrogens (tertiary/aromatic N) is 2. The molecule has 0 saturated carbocycles. The molecule has 21 heavy (non-hydrogen) atoms. The van der Waals surface area contributed by atoms with E-state index in [1.807, 2.05) is 0 Å². The molecule has 0 unspecified atom stereocenters. The molecule has 0 radical (unpaired) electrons. The number of hydrogen-bond acceptors (Lipinski definition) is 4. The van der Waals surface area contributed by atoms with Crippen LogP contribution in [0.5, 0.6) is 0 Å². The Kier molecular flexibility index (Phi) is 4.26. The van der Waals surface area contributed by atoms with E-state index in [0.29, 0.717) is 6.07 Å². The Morgan fingerprint density at radius 3 is 2.57 bits per heavy atom. The van der Waals surface area contributed by atoms with Crippen LogP contribution in [0.1, 0.15) is 11.3 Å². The molecule has 0 aliphatic carbocycles. The summed E-state index contributed by atoms with van der Waals surface area (Å²) in [6.45, 7) is -0.325. The van der Waals surface area contributed by atoms with Gasteiger partial charge in [-0.25, -0.2) is 26.9 Å². The van der Waals surface area contributed by atoms with Crippen molar-refractivity contribution in [1.82, 2.24) is 9.71 Å². The van der Waals surface area contributed by atoms with E-state index in [-0.39, 0.29) is 22.7 Å². The topological polar surface area (TPSA) is 82.8 Å². The first-order valence-electron chi connectivity index (χ1n) is 5.72. The molecule has 0 fully saturated rings. The molecular formula is C13H9F2N3O2S. The molecule has 0 aliphatic rings. The molecule has 5 nitrogen and oxygen atoms in total. The molecule has 0 saturated heterocycles. The van der Waals surface area contributed by atoms with Gasteiger partial charge >= 0.3 is 0 Å². The van der Waals surface area contributed by atoms with Crippen LogP contribution in [0.3, 0.4) is 0 Å². The van der Waals surface area contributed by atoms with Gasteiger partial charge in [-0.1, -0.05) is 6.07 Å². The smallest absolute Gasteiger partial charge is 0.242 e. The Bertz CT molecular complexity index is 799. The van der Waals surface area contributed by atoms with Gasteiger partial charge < -0.3 is 0 Å². The molecule has 1 aromatic carbocycles. The van der Waals surface area contributed by atoms with Gasteiger partial charge in [0.05, 0.1) is 0 Å². The Hall–Kier alpha value is -2.37. The van der Waals surface area contributed by atoms with Crippen LogP contribution in [0, 0.1) is 23.0 Å². The lowest BCUT2D eigenvalue weighted by molar-refractivity contribution is 0.562. The van der Waals surface area contributed by atoms with Crippen LogP contribution in [0.2, 0.25) is 0 Å². The van der Waals surface area contributed by atoms with Crippen molar-refractivity contribution < 1.29 is 17.2 Å². The summed E-state index contributed by atoms with van der Waals surface area (Å²) in [6, 6.07) is 7.11. The highest BCUT2D eigenvalue weighted by molar-refractivity contribution is 7.89. The van der Waals surface area contributed by atoms with Crippen molar-refractivity contribution in [2.45, 2.75) is 11.4 Å². The zero-order chi connectivity index (χ0) is 15.5. The van der Waals surface area contributed by atoms with Gasteiger partial charge in [0.15, 0.2) is 0 Å². The summed E-state index contributed by atoms with van der Waals surface area (Å²) in [7, 11) is -3.89. The van der Waals surface area contributed by atoms with Crippen molar-refractivity contribution in [3.8, 4) is 6.07 Å². The molecule has 1 heterocycles. The zero-order valence-corrected chi connectivity index (χ0v) is 11.4. The molecule has 8 heteroatoms. The summed E-state index contributed by atoms with van der Waals surface area (Å²) in [5, 5.41) is 8.59. The van der Waals surface area contributed by atoms with Crippen molar-refractivity contribution in [3.63, 3.8) is 0 Å². The van der Waals surface area contributed by atoms with Gasteiger partial charge in [-0.05, 0) is 18.2 Å². The fourth-order valence-electron chi connectivity index (χ4n) is 1.53. The number of rotatable bonds is 4. The van der Waals surface area contributed by atoms with Crippen molar-refractivity contribution in [2.75, 3.05) is 0 Å². The number of nitriles is 1. The lowest BCUT2D eigenvalue weighted by Crippen LogP contribution is -2.24. The third-order valence-corrected chi connectivity index (χ3v) is 4.02. The zero-order valence-electron chi connectivity index (χ0n) is 10.5. The van der Waals surface area contributed by atoms with E-state index < -0.39 is 21.7 Å². The largest absolute Gasteiger partial charge is 0.244 e. The Labute approximate surface area is 119 Å². The predicted octanol–water partition coefficient (Wildman–Crippen LogP) is 1.71. The van der Waals surface area contributed by atoms with Crippen LogP contribution >= 0.6 is 0 Å². The monoisotopic (exact) mass is 309 g/mol. The predicted molar refractivity (Wildman–Crippen MR) is 69.3 cm³/mol. The van der Waals surface area contributed by atoms with Gasteiger partial charge in [0, 0.05) is 24.4 Å². The maximum Gasteiger partial charge on any atom is 0.242 e. The third-order valence-electron chi connectivity index (χ3n) is 2.63. The van der Waals surface area contributed by atoms with Crippen molar-refractivity contribution in [3.05, 3.63) is 59.4 Å². The average Bonchev–Trinajstić information content (AvgIpc) is 2.46. The standard InChI is InChI=1S/C13H9F2N3O2S/c14-10-2-1-9(13(15)5-10)7-18-21(19,20)12-4-3-11(6-16)17-8-12/h1-5,8,18H,7H2. The van der Waals surface area contributed by atoms with Gasteiger partial charge in [-0.3, -0.25) is 0 Å². The minimum atomic E-state index is -3.89. The first-order valence-corrected chi connectivity index (χ1v) is 7.20. The van der Waals surface area contributed by atoms with E-state index in [9.17, 15) is 17.2 Å². The second-order valence-electron chi connectivity index (χ2n) is 4.05. The SMILES string of the molecule is N#Cc1ccc(S(=O)(=O)NCc2ccc(F)cc2F)cn1. The number of sulfonamides is 1. The van der Waals surface area contributed by atoms with Crippen LogP contribution < -0.4 is 4.72 Å². The first kappa shape index (κ1) is 15.0. The van der Waals surface area contributed by atoms with Gasteiger partial charge in [-0.2, -0.15) is 5.26 Å². The second-order valence-corrected chi connectivity index (χ2v) is 5.82. The molecule has 0 amide bonds. The quantitative estimate of drug-likeness (QED) is 0.932. The Balaban J connectivity index is 2.15. The summed E-state index contributed by atoms with van der Waals surface area (Å²) >= 11 is 0. The fraction of sp³-hybridized carbons (Fsp3) is 0.0769. The van der Waals surface area contributed by atoms with Gasteiger partial charge in [-0.15, -0.1) is 0 Å². The number of benzene rings is 1. The van der Waals surface area contributed by atoms with Gasteiger partial charge in [0.2, 0.25) is 10.0 Å². The highest BCUT2D eigenvalue weighted by Crippen LogP contribution is 2.12. The number of halogens is 2. The number of nitrogens with one attached hydrogen (secondary N) is 1. The van der Waals surface area contributed by atoms with Crippen LogP contribution in [0.4, 0.5) is 8.78 Å². The molecule has 2 rings (SSSR count). The molecule has 1 aromatic heterocycles. The molecule has 0 aliphatic heterocycles. The highest BCUT2D eigenvalue weighted by Gasteiger charge is 2.15. The van der Waals surface area contributed by atoms with E-state index in [1.54, 1.807) is 6.07 Å². The molecule has 0 atom stereocenters. The maximum atomic E-state index is 13.4. The lowest BCUT2D eigenvalue weighted by atomic mass is 10.2. The summed E-state index contributed by atoms with van der Waals surface area (Å²) in [6.07, 6.45) is 1.03. The summed E-state index contributed by atoms with van der Waals surface area (Å²) < 4.78 is 52.2. The number of pyridine rings is 1. The van der Waals surface area contributed by atoms with Crippen molar-refractivity contribution in [1.29, 1.82) is 5.26 Å². The van der Waals surface area contributed by atoms with Gasteiger partial charge in [0.25, 0.3) is 0 Å². The summed E-state index contributed by atoms with van der Waals surface area (Å²) in [4.78, 5) is 3.49. The maximum absolute atomic E-state index is 13.4. The van der Waals surface area contributed by atoms with Crippen LogP contribution in [-0.4, -0.2) is 13.4 Å². The van der Waals surface area contributed by atoms with Crippen molar-refractivity contribution >= 4 is 10.0 Å². The molecule has 108 valence electrons. The van der Waals surface area contributed by atoms with Crippen LogP contribution in [-0.2, 0) is 16.6 Å². The fourth-order valence-corrected chi connectivity index (χ4v) is 2.48. The highest BCUT2D eigenvalue weighted by atomic mass is 32.2. The van der Waals surface area contributed by atoms with E-state index in [1.165, 1.54) is 12.1 Å². The molecular weight excluding hydrogens is 300 g/mol. The first-order chi connectivity index (χ1) is 9.92. The second kappa shape index (κ2) is 5.95. The van der Waals surface area contributed by atoms with Crippen molar-refractivity contribution in [2.24, 2.45) is 0 Å².